The molecule has 9 heteroatoms. The van der Waals surface area contributed by atoms with E-state index in [9.17, 15) is 22.8 Å². The molecule has 2 aromatic rings. The third-order valence-corrected chi connectivity index (χ3v) is 3.25. The summed E-state index contributed by atoms with van der Waals surface area (Å²) < 4.78 is 37.2. The molecule has 1 N–H and O–H groups in total. The fourth-order valence-electron chi connectivity index (χ4n) is 1.54. The molecule has 19 heavy (non-hydrogen) atoms. The lowest BCUT2D eigenvalue weighted by molar-refractivity contribution is -0.123. The van der Waals surface area contributed by atoms with Crippen LogP contribution in [0.5, 0.6) is 0 Å². The maximum absolute atomic E-state index is 12.1. The SMILES string of the molecule is Cc1sc2nccc(=O)n2c1C(=O)NCC(F)(F)F. The Balaban J connectivity index is 2.42. The smallest absolute Gasteiger partial charge is 0.342 e. The van der Waals surface area contributed by atoms with Crippen molar-refractivity contribution in [2.75, 3.05) is 6.54 Å². The van der Waals surface area contributed by atoms with E-state index in [-0.39, 0.29) is 10.7 Å². The summed E-state index contributed by atoms with van der Waals surface area (Å²) in [5.41, 5.74) is -0.617. The molecular weight excluding hydrogens is 283 g/mol. The molecule has 1 amide bonds. The molecule has 0 aromatic carbocycles. The number of aryl methyl sites for hydroxylation is 1. The molecule has 0 radical (unpaired) electrons. The van der Waals surface area contributed by atoms with Gasteiger partial charge in [0.15, 0.2) is 4.96 Å². The zero-order valence-electron chi connectivity index (χ0n) is 9.61. The number of alkyl halides is 3. The van der Waals surface area contributed by atoms with Crippen LogP contribution in [0.4, 0.5) is 13.2 Å². The lowest BCUT2D eigenvalue weighted by atomic mass is 10.3. The number of thiazole rings is 1. The topological polar surface area (TPSA) is 63.5 Å². The van der Waals surface area contributed by atoms with E-state index < -0.39 is 24.2 Å². The summed E-state index contributed by atoms with van der Waals surface area (Å²) >= 11 is 1.06. The van der Waals surface area contributed by atoms with Crippen LogP contribution in [-0.4, -0.2) is 28.0 Å². The minimum Gasteiger partial charge on any atom is -0.342 e. The average Bonchev–Trinajstić information content (AvgIpc) is 2.63. The number of fused-ring (bicyclic) bond motifs is 1. The highest BCUT2D eigenvalue weighted by Gasteiger charge is 2.29. The summed E-state index contributed by atoms with van der Waals surface area (Å²) in [5.74, 6) is -0.948. The van der Waals surface area contributed by atoms with Crippen molar-refractivity contribution in [2.45, 2.75) is 13.1 Å². The molecule has 0 atom stereocenters. The van der Waals surface area contributed by atoms with Gasteiger partial charge in [-0.2, -0.15) is 13.2 Å². The molecule has 2 heterocycles. The summed E-state index contributed by atoms with van der Waals surface area (Å²) in [7, 11) is 0. The normalized spacial score (nSPS) is 11.8. The molecule has 0 spiro atoms. The van der Waals surface area contributed by atoms with E-state index in [1.165, 1.54) is 6.20 Å². The minimum absolute atomic E-state index is 0.109. The average molecular weight is 291 g/mol. The fraction of sp³-hybridized carbons (Fsp3) is 0.300. The third kappa shape index (κ3) is 2.75. The van der Waals surface area contributed by atoms with Gasteiger partial charge in [0, 0.05) is 17.1 Å². The largest absolute Gasteiger partial charge is 0.405 e. The first-order valence-electron chi connectivity index (χ1n) is 5.12. The Kier molecular flexibility index (Phi) is 3.31. The predicted octanol–water partition coefficient (Wildman–Crippen LogP) is 1.36. The molecule has 2 rings (SSSR count). The number of rotatable bonds is 2. The van der Waals surface area contributed by atoms with Gasteiger partial charge in [0.1, 0.15) is 12.2 Å². The number of carbonyl (C=O) groups is 1. The second-order valence-corrected chi connectivity index (χ2v) is 4.89. The lowest BCUT2D eigenvalue weighted by Crippen LogP contribution is -2.35. The van der Waals surface area contributed by atoms with Crippen molar-refractivity contribution in [1.82, 2.24) is 14.7 Å². The van der Waals surface area contributed by atoms with E-state index >= 15 is 0 Å². The number of halogens is 3. The van der Waals surface area contributed by atoms with Crippen LogP contribution in [0.1, 0.15) is 15.4 Å². The highest BCUT2D eigenvalue weighted by atomic mass is 32.1. The zero-order valence-corrected chi connectivity index (χ0v) is 10.4. The quantitative estimate of drug-likeness (QED) is 0.908. The maximum Gasteiger partial charge on any atom is 0.405 e. The lowest BCUT2D eigenvalue weighted by Gasteiger charge is -2.08. The molecule has 0 saturated heterocycles. The number of nitrogens with zero attached hydrogens (tertiary/aromatic N) is 2. The van der Waals surface area contributed by atoms with Crippen LogP contribution >= 0.6 is 11.3 Å². The van der Waals surface area contributed by atoms with Crippen molar-refractivity contribution in [3.8, 4) is 0 Å². The first-order chi connectivity index (χ1) is 8.79. The number of amides is 1. The Morgan fingerprint density at radius 1 is 1.53 bits per heavy atom. The molecule has 0 bridgehead atoms. The Hall–Kier alpha value is -1.90. The van der Waals surface area contributed by atoms with Crippen molar-refractivity contribution in [2.24, 2.45) is 0 Å². The van der Waals surface area contributed by atoms with Gasteiger partial charge in [0.05, 0.1) is 0 Å². The standard InChI is InChI=1S/C10H8F3N3O2S/c1-5-7(8(18)15-4-10(11,12)13)16-6(17)2-3-14-9(16)19-5/h2-3H,4H2,1H3,(H,15,18). The number of aromatic nitrogens is 2. The van der Waals surface area contributed by atoms with Crippen molar-refractivity contribution < 1.29 is 18.0 Å². The van der Waals surface area contributed by atoms with Crippen LogP contribution in [0, 0.1) is 6.92 Å². The number of carbonyl (C=O) groups excluding carboxylic acids is 1. The number of nitrogens with one attached hydrogen (secondary N) is 1. The van der Waals surface area contributed by atoms with Crippen LogP contribution in [0.15, 0.2) is 17.1 Å². The van der Waals surface area contributed by atoms with Gasteiger partial charge < -0.3 is 5.32 Å². The molecule has 0 aliphatic carbocycles. The van der Waals surface area contributed by atoms with Crippen molar-refractivity contribution >= 4 is 22.2 Å². The predicted molar refractivity (Wildman–Crippen MR) is 62.5 cm³/mol. The van der Waals surface area contributed by atoms with Gasteiger partial charge in [-0.15, -0.1) is 11.3 Å². The highest BCUT2D eigenvalue weighted by molar-refractivity contribution is 7.17. The zero-order chi connectivity index (χ0) is 14.2. The maximum atomic E-state index is 12.1. The Morgan fingerprint density at radius 2 is 2.21 bits per heavy atom. The van der Waals surface area contributed by atoms with Crippen LogP contribution in [0.2, 0.25) is 0 Å². The number of hydrogen-bond acceptors (Lipinski definition) is 4. The van der Waals surface area contributed by atoms with E-state index in [4.69, 9.17) is 0 Å². The Bertz CT molecular complexity index is 689. The summed E-state index contributed by atoms with van der Waals surface area (Å²) in [6.07, 6.45) is -3.22. The van der Waals surface area contributed by atoms with Crippen LogP contribution in [0.3, 0.4) is 0 Å². The molecule has 2 aromatic heterocycles. The van der Waals surface area contributed by atoms with Gasteiger partial charge in [0.25, 0.3) is 11.5 Å². The van der Waals surface area contributed by atoms with Crippen LogP contribution in [-0.2, 0) is 0 Å². The highest BCUT2D eigenvalue weighted by Crippen LogP contribution is 2.19. The summed E-state index contributed by atoms with van der Waals surface area (Å²) in [5, 5.41) is 1.74. The van der Waals surface area contributed by atoms with E-state index in [1.54, 1.807) is 12.2 Å². The van der Waals surface area contributed by atoms with Gasteiger partial charge in [0.2, 0.25) is 0 Å². The van der Waals surface area contributed by atoms with Gasteiger partial charge in [-0.05, 0) is 6.92 Å². The first kappa shape index (κ1) is 13.5. The molecular formula is C10H8F3N3O2S. The molecule has 5 nitrogen and oxygen atoms in total. The molecule has 0 saturated carbocycles. The molecule has 0 unspecified atom stereocenters. The fourth-order valence-corrected chi connectivity index (χ4v) is 2.48. The van der Waals surface area contributed by atoms with E-state index in [0.29, 0.717) is 4.88 Å². The monoisotopic (exact) mass is 291 g/mol. The van der Waals surface area contributed by atoms with E-state index in [2.05, 4.69) is 4.98 Å². The van der Waals surface area contributed by atoms with Gasteiger partial charge in [-0.1, -0.05) is 0 Å². The summed E-state index contributed by atoms with van der Waals surface area (Å²) in [6, 6.07) is 1.14. The second kappa shape index (κ2) is 4.65. The van der Waals surface area contributed by atoms with Crippen LogP contribution in [0.25, 0.3) is 4.96 Å². The van der Waals surface area contributed by atoms with Gasteiger partial charge >= 0.3 is 6.18 Å². The second-order valence-electron chi connectivity index (χ2n) is 3.71. The Labute approximate surface area is 108 Å². The van der Waals surface area contributed by atoms with Crippen LogP contribution < -0.4 is 10.9 Å². The molecule has 0 aliphatic heterocycles. The van der Waals surface area contributed by atoms with Crippen molar-refractivity contribution in [3.05, 3.63) is 33.2 Å². The molecule has 102 valence electrons. The van der Waals surface area contributed by atoms with Crippen molar-refractivity contribution in [1.29, 1.82) is 0 Å². The summed E-state index contributed by atoms with van der Waals surface area (Å²) in [4.78, 5) is 28.0. The molecule has 0 aliphatic rings. The summed E-state index contributed by atoms with van der Waals surface area (Å²) in [6.45, 7) is 0.0961. The van der Waals surface area contributed by atoms with E-state index in [0.717, 1.165) is 21.8 Å². The van der Waals surface area contributed by atoms with Gasteiger partial charge in [-0.3, -0.25) is 9.59 Å². The van der Waals surface area contributed by atoms with Crippen molar-refractivity contribution in [3.63, 3.8) is 0 Å². The minimum atomic E-state index is -4.50. The third-order valence-electron chi connectivity index (χ3n) is 2.28. The first-order valence-corrected chi connectivity index (χ1v) is 5.93. The van der Waals surface area contributed by atoms with E-state index in [1.807, 2.05) is 0 Å². The molecule has 0 fully saturated rings. The number of hydrogen-bond donors (Lipinski definition) is 1. The van der Waals surface area contributed by atoms with Gasteiger partial charge in [-0.25, -0.2) is 9.38 Å². The Morgan fingerprint density at radius 3 is 2.84 bits per heavy atom.